The molecular weight excluding hydrogens is 408 g/mol. The van der Waals surface area contributed by atoms with Crippen LogP contribution in [-0.2, 0) is 22.4 Å². The molecule has 0 heterocycles. The van der Waals surface area contributed by atoms with Gasteiger partial charge in [-0.2, -0.15) is 0 Å². The molecule has 0 saturated carbocycles. The second kappa shape index (κ2) is 15.3. The number of aryl methyl sites for hydroxylation is 1. The van der Waals surface area contributed by atoms with Crippen molar-refractivity contribution >= 4 is 11.8 Å². The molecule has 3 heteroatoms. The van der Waals surface area contributed by atoms with Gasteiger partial charge in [-0.15, -0.1) is 0 Å². The van der Waals surface area contributed by atoms with Gasteiger partial charge in [0.15, 0.2) is 5.78 Å². The van der Waals surface area contributed by atoms with E-state index in [1.54, 1.807) is 0 Å². The van der Waals surface area contributed by atoms with Crippen LogP contribution in [0.5, 0.6) is 0 Å². The number of hydrogen-bond donors (Lipinski definition) is 0. The lowest BCUT2D eigenvalue weighted by Gasteiger charge is -2.14. The van der Waals surface area contributed by atoms with Crippen molar-refractivity contribution in [3.63, 3.8) is 0 Å². The number of esters is 1. The number of benzene rings is 1. The fourth-order valence-electron chi connectivity index (χ4n) is 5.29. The average Bonchev–Trinajstić information content (AvgIpc) is 3.06. The smallest absolute Gasteiger partial charge is 0.305 e. The first-order valence-corrected chi connectivity index (χ1v) is 13.8. The highest BCUT2D eigenvalue weighted by Gasteiger charge is 2.30. The fraction of sp³-hybridized carbons (Fsp3) is 0.733. The third-order valence-corrected chi connectivity index (χ3v) is 7.34. The van der Waals surface area contributed by atoms with E-state index in [-0.39, 0.29) is 17.7 Å². The van der Waals surface area contributed by atoms with Crippen molar-refractivity contribution in [3.05, 3.63) is 33.9 Å². The van der Waals surface area contributed by atoms with E-state index in [1.807, 2.05) is 13.8 Å². The number of carbonyl (C=O) groups excluding carboxylic acids is 2. The standard InChI is InChI=1S/C30H48O3/c1-5-6-7-8-9-10-11-12-13-14-15-16-17-18-28(31)33-20-19-27-23(2)21-26-22-24(3)30(32)29(26)25(27)4/h21,24H,5-20,22H2,1-4H3/t24-/m1/s1. The lowest BCUT2D eigenvalue weighted by molar-refractivity contribution is -0.143. The zero-order valence-electron chi connectivity index (χ0n) is 21.9. The van der Waals surface area contributed by atoms with Crippen molar-refractivity contribution in [1.82, 2.24) is 0 Å². The van der Waals surface area contributed by atoms with Crippen molar-refractivity contribution in [1.29, 1.82) is 0 Å². The Morgan fingerprint density at radius 1 is 0.909 bits per heavy atom. The molecule has 1 aliphatic rings. The summed E-state index contributed by atoms with van der Waals surface area (Å²) in [5.74, 6) is 0.272. The number of hydrogen-bond acceptors (Lipinski definition) is 3. The summed E-state index contributed by atoms with van der Waals surface area (Å²) in [6.07, 6.45) is 19.1. The number of fused-ring (bicyclic) bond motifs is 1. The van der Waals surface area contributed by atoms with Crippen LogP contribution in [0.2, 0.25) is 0 Å². The number of Topliss-reactive ketones (excluding diaryl/α,β-unsaturated/α-hetero) is 1. The van der Waals surface area contributed by atoms with Gasteiger partial charge in [-0.3, -0.25) is 9.59 Å². The van der Waals surface area contributed by atoms with Gasteiger partial charge in [-0.1, -0.05) is 97.0 Å². The Hall–Kier alpha value is -1.64. The zero-order chi connectivity index (χ0) is 24.1. The molecule has 0 radical (unpaired) electrons. The molecule has 0 N–H and O–H groups in total. The quantitative estimate of drug-likeness (QED) is 0.175. The van der Waals surface area contributed by atoms with Crippen molar-refractivity contribution in [2.24, 2.45) is 5.92 Å². The third kappa shape index (κ3) is 9.26. The van der Waals surface area contributed by atoms with Gasteiger partial charge >= 0.3 is 5.97 Å². The van der Waals surface area contributed by atoms with Crippen LogP contribution in [0.3, 0.4) is 0 Å². The van der Waals surface area contributed by atoms with Gasteiger partial charge in [-0.05, 0) is 48.9 Å². The molecule has 0 saturated heterocycles. The van der Waals surface area contributed by atoms with E-state index < -0.39 is 0 Å². The maximum atomic E-state index is 12.5. The first-order valence-electron chi connectivity index (χ1n) is 13.8. The lowest BCUT2D eigenvalue weighted by Crippen LogP contribution is -2.11. The predicted octanol–water partition coefficient (Wildman–Crippen LogP) is 8.25. The van der Waals surface area contributed by atoms with E-state index in [0.717, 1.165) is 30.4 Å². The first-order chi connectivity index (χ1) is 16.0. The highest BCUT2D eigenvalue weighted by molar-refractivity contribution is 6.03. The van der Waals surface area contributed by atoms with Crippen LogP contribution in [0.1, 0.15) is 136 Å². The summed E-state index contributed by atoms with van der Waals surface area (Å²) in [7, 11) is 0. The van der Waals surface area contributed by atoms with E-state index in [1.165, 1.54) is 87.3 Å². The van der Waals surface area contributed by atoms with Crippen LogP contribution in [0.25, 0.3) is 0 Å². The molecule has 0 amide bonds. The van der Waals surface area contributed by atoms with Gasteiger partial charge < -0.3 is 4.74 Å². The van der Waals surface area contributed by atoms with Crippen molar-refractivity contribution in [3.8, 4) is 0 Å². The molecule has 0 fully saturated rings. The van der Waals surface area contributed by atoms with Gasteiger partial charge in [0, 0.05) is 24.3 Å². The van der Waals surface area contributed by atoms with E-state index in [0.29, 0.717) is 19.4 Å². The van der Waals surface area contributed by atoms with Crippen LogP contribution in [-0.4, -0.2) is 18.4 Å². The van der Waals surface area contributed by atoms with Crippen LogP contribution >= 0.6 is 0 Å². The molecule has 1 aliphatic carbocycles. The highest BCUT2D eigenvalue weighted by Crippen LogP contribution is 2.33. The maximum Gasteiger partial charge on any atom is 0.305 e. The summed E-state index contributed by atoms with van der Waals surface area (Å²) < 4.78 is 5.51. The monoisotopic (exact) mass is 456 g/mol. The molecule has 0 bridgehead atoms. The maximum absolute atomic E-state index is 12.5. The van der Waals surface area contributed by atoms with Crippen molar-refractivity contribution in [2.75, 3.05) is 6.61 Å². The molecule has 0 aliphatic heterocycles. The molecule has 1 aromatic rings. The van der Waals surface area contributed by atoms with Gasteiger partial charge in [0.1, 0.15) is 0 Å². The number of ether oxygens (including phenoxy) is 1. The average molecular weight is 457 g/mol. The van der Waals surface area contributed by atoms with Crippen LogP contribution < -0.4 is 0 Å². The minimum atomic E-state index is -0.0840. The fourth-order valence-corrected chi connectivity index (χ4v) is 5.29. The second-order valence-electron chi connectivity index (χ2n) is 10.3. The SMILES string of the molecule is CCCCCCCCCCCCCCCC(=O)OCCc1c(C)cc2c(c1C)C(=O)[C@H](C)C2. The Bertz CT molecular complexity index is 749. The van der Waals surface area contributed by atoms with Gasteiger partial charge in [0.2, 0.25) is 0 Å². The van der Waals surface area contributed by atoms with E-state index in [2.05, 4.69) is 19.9 Å². The largest absolute Gasteiger partial charge is 0.465 e. The molecule has 0 aromatic heterocycles. The van der Waals surface area contributed by atoms with Gasteiger partial charge in [0.25, 0.3) is 0 Å². The van der Waals surface area contributed by atoms with Crippen molar-refractivity contribution in [2.45, 2.75) is 130 Å². The summed E-state index contributed by atoms with van der Waals surface area (Å²) in [5, 5.41) is 0. The number of rotatable bonds is 17. The van der Waals surface area contributed by atoms with Crippen LogP contribution in [0.15, 0.2) is 6.07 Å². The van der Waals surface area contributed by atoms with Crippen LogP contribution in [0.4, 0.5) is 0 Å². The summed E-state index contributed by atoms with van der Waals surface area (Å²) in [4.78, 5) is 24.6. The Morgan fingerprint density at radius 2 is 1.45 bits per heavy atom. The second-order valence-corrected chi connectivity index (χ2v) is 10.3. The lowest BCUT2D eigenvalue weighted by atomic mass is 9.92. The van der Waals surface area contributed by atoms with E-state index in [9.17, 15) is 9.59 Å². The number of ketones is 1. The zero-order valence-corrected chi connectivity index (χ0v) is 21.9. The van der Waals surface area contributed by atoms with E-state index >= 15 is 0 Å². The minimum Gasteiger partial charge on any atom is -0.465 e. The Labute approximate surface area is 203 Å². The summed E-state index contributed by atoms with van der Waals surface area (Å²) in [6, 6.07) is 2.16. The molecule has 1 aromatic carbocycles. The summed E-state index contributed by atoms with van der Waals surface area (Å²) >= 11 is 0. The van der Waals surface area contributed by atoms with Crippen LogP contribution in [0, 0.1) is 19.8 Å². The first kappa shape index (κ1) is 27.6. The summed E-state index contributed by atoms with van der Waals surface area (Å²) in [6.45, 7) is 8.83. The van der Waals surface area contributed by atoms with Crippen molar-refractivity contribution < 1.29 is 14.3 Å². The van der Waals surface area contributed by atoms with E-state index in [4.69, 9.17) is 4.74 Å². The molecule has 186 valence electrons. The Morgan fingerprint density at radius 3 is 2.03 bits per heavy atom. The molecule has 33 heavy (non-hydrogen) atoms. The van der Waals surface area contributed by atoms with Gasteiger partial charge in [0.05, 0.1) is 6.61 Å². The number of unbranched alkanes of at least 4 members (excludes halogenated alkanes) is 12. The molecule has 3 nitrogen and oxygen atoms in total. The predicted molar refractivity (Wildman–Crippen MR) is 138 cm³/mol. The molecular formula is C30H48O3. The van der Waals surface area contributed by atoms with Gasteiger partial charge in [-0.25, -0.2) is 0 Å². The molecule has 1 atom stereocenters. The molecule has 0 spiro atoms. The molecule has 2 rings (SSSR count). The molecule has 0 unspecified atom stereocenters. The minimum absolute atomic E-state index is 0.0840. The third-order valence-electron chi connectivity index (χ3n) is 7.34. The number of carbonyl (C=O) groups is 2. The summed E-state index contributed by atoms with van der Waals surface area (Å²) in [5.41, 5.74) is 5.57. The Kier molecular flexibility index (Phi) is 12.8. The topological polar surface area (TPSA) is 43.4 Å². The normalized spacial score (nSPS) is 15.2. The Balaban J connectivity index is 1.51. The highest BCUT2D eigenvalue weighted by atomic mass is 16.5.